The Hall–Kier alpha value is -1.59. The summed E-state index contributed by atoms with van der Waals surface area (Å²) in [6, 6.07) is 8.41. The molecule has 0 saturated carbocycles. The van der Waals surface area contributed by atoms with Crippen molar-refractivity contribution in [2.75, 3.05) is 5.75 Å². The summed E-state index contributed by atoms with van der Waals surface area (Å²) in [7, 11) is 0. The van der Waals surface area contributed by atoms with Crippen LogP contribution in [0.15, 0.2) is 42.1 Å². The van der Waals surface area contributed by atoms with Crippen molar-refractivity contribution in [2.45, 2.75) is 38.5 Å². The third-order valence-corrected chi connectivity index (χ3v) is 4.52. The predicted molar refractivity (Wildman–Crippen MR) is 93.0 cm³/mol. The van der Waals surface area contributed by atoms with Crippen molar-refractivity contribution in [3.63, 3.8) is 0 Å². The Morgan fingerprint density at radius 3 is 2.55 bits per heavy atom. The van der Waals surface area contributed by atoms with Crippen LogP contribution in [0.5, 0.6) is 0 Å². The molecule has 0 fully saturated rings. The van der Waals surface area contributed by atoms with E-state index in [0.29, 0.717) is 5.92 Å². The van der Waals surface area contributed by atoms with Crippen molar-refractivity contribution >= 4 is 11.8 Å². The second-order valence-corrected chi connectivity index (χ2v) is 6.77. The normalized spacial score (nSPS) is 12.6. The Bertz CT molecular complexity index is 616. The van der Waals surface area contributed by atoms with Gasteiger partial charge in [-0.1, -0.05) is 61.5 Å². The molecule has 118 valence electrons. The average molecular weight is 316 g/mol. The van der Waals surface area contributed by atoms with Crippen LogP contribution < -0.4 is 5.73 Å². The lowest BCUT2D eigenvalue weighted by Gasteiger charge is -2.17. The van der Waals surface area contributed by atoms with Gasteiger partial charge in [0.1, 0.15) is 0 Å². The third kappa shape index (κ3) is 3.99. The average Bonchev–Trinajstić information content (AvgIpc) is 2.89. The minimum Gasteiger partial charge on any atom is -0.321 e. The molecule has 2 N–H and O–H groups in total. The Morgan fingerprint density at radius 2 is 1.95 bits per heavy atom. The summed E-state index contributed by atoms with van der Waals surface area (Å²) < 4.78 is 2.13. The number of rotatable bonds is 7. The zero-order chi connectivity index (χ0) is 16.1. The van der Waals surface area contributed by atoms with E-state index in [0.717, 1.165) is 23.3 Å². The van der Waals surface area contributed by atoms with Gasteiger partial charge in [0.25, 0.3) is 0 Å². The lowest BCUT2D eigenvalue weighted by molar-refractivity contribution is 0.466. The van der Waals surface area contributed by atoms with E-state index >= 15 is 0 Å². The van der Waals surface area contributed by atoms with E-state index in [4.69, 9.17) is 5.73 Å². The largest absolute Gasteiger partial charge is 0.321 e. The van der Waals surface area contributed by atoms with Gasteiger partial charge in [0.05, 0.1) is 12.6 Å². The maximum absolute atomic E-state index is 6.31. The molecular formula is C17H24N4S. The molecule has 1 atom stereocenters. The first kappa shape index (κ1) is 16.8. The fourth-order valence-corrected chi connectivity index (χ4v) is 2.79. The van der Waals surface area contributed by atoms with Crippen LogP contribution in [0.4, 0.5) is 0 Å². The SMILES string of the molecule is C=CCSc1nnc([C@@H](N)C(C)C)n1Cc1ccc(C)cc1. The number of hydrogen-bond acceptors (Lipinski definition) is 4. The smallest absolute Gasteiger partial charge is 0.191 e. The molecule has 0 amide bonds. The van der Waals surface area contributed by atoms with Crippen LogP contribution in [0.2, 0.25) is 0 Å². The fourth-order valence-electron chi connectivity index (χ4n) is 2.11. The summed E-state index contributed by atoms with van der Waals surface area (Å²) in [5.74, 6) is 1.98. The molecule has 1 heterocycles. The molecule has 2 rings (SSSR count). The van der Waals surface area contributed by atoms with Gasteiger partial charge in [0.2, 0.25) is 0 Å². The number of benzene rings is 1. The second kappa shape index (κ2) is 7.61. The van der Waals surface area contributed by atoms with Crippen molar-refractivity contribution in [3.8, 4) is 0 Å². The zero-order valence-electron chi connectivity index (χ0n) is 13.5. The molecule has 0 unspecified atom stereocenters. The fraction of sp³-hybridized carbons (Fsp3) is 0.412. The van der Waals surface area contributed by atoms with E-state index in [1.165, 1.54) is 11.1 Å². The molecule has 0 saturated heterocycles. The van der Waals surface area contributed by atoms with Crippen molar-refractivity contribution in [1.29, 1.82) is 0 Å². The summed E-state index contributed by atoms with van der Waals surface area (Å²) in [4.78, 5) is 0. The van der Waals surface area contributed by atoms with Crippen molar-refractivity contribution < 1.29 is 0 Å². The van der Waals surface area contributed by atoms with Gasteiger partial charge in [0, 0.05) is 5.75 Å². The molecule has 4 nitrogen and oxygen atoms in total. The van der Waals surface area contributed by atoms with Gasteiger partial charge in [-0.05, 0) is 18.4 Å². The monoisotopic (exact) mass is 316 g/mol. The lowest BCUT2D eigenvalue weighted by atomic mass is 10.0. The van der Waals surface area contributed by atoms with Gasteiger partial charge in [-0.15, -0.1) is 16.8 Å². The molecule has 0 aliphatic rings. The molecule has 5 heteroatoms. The highest BCUT2D eigenvalue weighted by Crippen LogP contribution is 2.24. The van der Waals surface area contributed by atoms with Crippen LogP contribution in [-0.4, -0.2) is 20.5 Å². The standard InChI is InChI=1S/C17H24N4S/c1-5-10-22-17-20-19-16(15(18)12(2)3)21(17)11-14-8-6-13(4)7-9-14/h5-9,12,15H,1,10-11,18H2,2-4H3/t15-/m0/s1. The van der Waals surface area contributed by atoms with E-state index in [9.17, 15) is 0 Å². The molecule has 0 spiro atoms. The van der Waals surface area contributed by atoms with E-state index < -0.39 is 0 Å². The van der Waals surface area contributed by atoms with Crippen LogP contribution in [-0.2, 0) is 6.54 Å². The van der Waals surface area contributed by atoms with Crippen molar-refractivity contribution in [3.05, 3.63) is 53.9 Å². The summed E-state index contributed by atoms with van der Waals surface area (Å²) in [5, 5.41) is 9.55. The maximum atomic E-state index is 6.31. The molecule has 1 aromatic carbocycles. The summed E-state index contributed by atoms with van der Waals surface area (Å²) in [5.41, 5.74) is 8.79. The zero-order valence-corrected chi connectivity index (χ0v) is 14.3. The first-order chi connectivity index (χ1) is 10.5. The number of nitrogens with two attached hydrogens (primary N) is 1. The maximum Gasteiger partial charge on any atom is 0.191 e. The van der Waals surface area contributed by atoms with E-state index in [1.807, 2.05) is 6.08 Å². The molecule has 0 bridgehead atoms. The van der Waals surface area contributed by atoms with Gasteiger partial charge in [-0.2, -0.15) is 0 Å². The number of aromatic nitrogens is 3. The first-order valence-corrected chi connectivity index (χ1v) is 8.49. The van der Waals surface area contributed by atoms with E-state index in [1.54, 1.807) is 11.8 Å². The molecule has 22 heavy (non-hydrogen) atoms. The van der Waals surface area contributed by atoms with Gasteiger partial charge >= 0.3 is 0 Å². The van der Waals surface area contributed by atoms with Crippen molar-refractivity contribution in [1.82, 2.24) is 14.8 Å². The van der Waals surface area contributed by atoms with Crippen LogP contribution in [0.25, 0.3) is 0 Å². The highest BCUT2D eigenvalue weighted by Gasteiger charge is 2.20. The number of hydrogen-bond donors (Lipinski definition) is 1. The Labute approximate surface area is 136 Å². The molecule has 0 aliphatic carbocycles. The Balaban J connectivity index is 2.33. The van der Waals surface area contributed by atoms with Gasteiger partial charge in [0.15, 0.2) is 11.0 Å². The summed E-state index contributed by atoms with van der Waals surface area (Å²) in [6.45, 7) is 10.8. The molecule has 0 aliphatic heterocycles. The van der Waals surface area contributed by atoms with E-state index in [-0.39, 0.29) is 6.04 Å². The van der Waals surface area contributed by atoms with Crippen LogP contribution in [0.3, 0.4) is 0 Å². The number of thioether (sulfide) groups is 1. The number of aryl methyl sites for hydroxylation is 1. The lowest BCUT2D eigenvalue weighted by Crippen LogP contribution is -2.22. The van der Waals surface area contributed by atoms with Crippen LogP contribution in [0.1, 0.15) is 36.8 Å². The number of nitrogens with zero attached hydrogens (tertiary/aromatic N) is 3. The van der Waals surface area contributed by atoms with Crippen molar-refractivity contribution in [2.24, 2.45) is 11.7 Å². The second-order valence-electron chi connectivity index (χ2n) is 5.78. The van der Waals surface area contributed by atoms with Gasteiger partial charge < -0.3 is 10.3 Å². The van der Waals surface area contributed by atoms with Crippen LogP contribution >= 0.6 is 11.8 Å². The molecule has 2 aromatic rings. The molecular weight excluding hydrogens is 292 g/mol. The quantitative estimate of drug-likeness (QED) is 0.627. The third-order valence-electron chi connectivity index (χ3n) is 3.55. The van der Waals surface area contributed by atoms with Gasteiger partial charge in [-0.3, -0.25) is 0 Å². The predicted octanol–water partition coefficient (Wildman–Crippen LogP) is 3.57. The topological polar surface area (TPSA) is 56.7 Å². The Morgan fingerprint density at radius 1 is 1.27 bits per heavy atom. The highest BCUT2D eigenvalue weighted by molar-refractivity contribution is 7.99. The first-order valence-electron chi connectivity index (χ1n) is 7.50. The van der Waals surface area contributed by atoms with E-state index in [2.05, 4.69) is 66.4 Å². The summed E-state index contributed by atoms with van der Waals surface area (Å²) in [6.07, 6.45) is 1.87. The molecule has 1 aromatic heterocycles. The minimum atomic E-state index is -0.115. The minimum absolute atomic E-state index is 0.115. The molecule has 0 radical (unpaired) electrons. The Kier molecular flexibility index (Phi) is 5.80. The van der Waals surface area contributed by atoms with Crippen LogP contribution in [0, 0.1) is 12.8 Å². The van der Waals surface area contributed by atoms with Gasteiger partial charge in [-0.25, -0.2) is 0 Å². The highest BCUT2D eigenvalue weighted by atomic mass is 32.2. The summed E-state index contributed by atoms with van der Waals surface area (Å²) >= 11 is 1.64.